The first-order chi connectivity index (χ1) is 11.3. The van der Waals surface area contributed by atoms with Gasteiger partial charge in [-0.2, -0.15) is 0 Å². The second-order valence-corrected chi connectivity index (χ2v) is 7.02. The molecule has 1 aliphatic rings. The summed E-state index contributed by atoms with van der Waals surface area (Å²) in [7, 11) is 1.60. The molecule has 122 valence electrons. The van der Waals surface area contributed by atoms with Gasteiger partial charge in [0.1, 0.15) is 12.4 Å². The Hall–Kier alpha value is -1.72. The molecule has 0 atom stereocenters. The fourth-order valence-corrected chi connectivity index (χ4v) is 4.09. The molecule has 1 aromatic heterocycles. The predicted molar refractivity (Wildman–Crippen MR) is 91.9 cm³/mol. The van der Waals surface area contributed by atoms with Crippen LogP contribution in [-0.2, 0) is 11.3 Å². The molecule has 0 saturated heterocycles. The molecule has 0 radical (unpaired) electrons. The van der Waals surface area contributed by atoms with E-state index < -0.39 is 0 Å². The molecule has 3 rings (SSSR count). The minimum absolute atomic E-state index is 0.230. The second-order valence-electron chi connectivity index (χ2n) is 5.67. The summed E-state index contributed by atoms with van der Waals surface area (Å²) in [5.41, 5.74) is 0.846. The van der Waals surface area contributed by atoms with Crippen LogP contribution in [0.5, 0.6) is 0 Å². The Balaban J connectivity index is 1.69. The largest absolute Gasteiger partial charge is 0.453 e. The Kier molecular flexibility index (Phi) is 5.41. The van der Waals surface area contributed by atoms with Crippen LogP contribution in [0.2, 0.25) is 0 Å². The number of hydrogen-bond donors (Lipinski definition) is 1. The molecule has 1 amide bonds. The summed E-state index contributed by atoms with van der Waals surface area (Å²) in [6.07, 6.45) is 5.12. The summed E-state index contributed by atoms with van der Waals surface area (Å²) < 4.78 is 10.5. The summed E-state index contributed by atoms with van der Waals surface area (Å²) in [6, 6.07) is 11.4. The highest BCUT2D eigenvalue weighted by Gasteiger charge is 2.19. The van der Waals surface area contributed by atoms with Crippen LogP contribution in [-0.4, -0.2) is 18.3 Å². The molecule has 5 heteroatoms. The number of anilines is 1. The number of methoxy groups -OCH3 is 1. The molecule has 2 aromatic rings. The fraction of sp³-hybridized carbons (Fsp3) is 0.389. The number of carbonyl (C=O) groups excluding carboxylic acids is 1. The van der Waals surface area contributed by atoms with E-state index in [0.29, 0.717) is 23.4 Å². The summed E-state index contributed by atoms with van der Waals surface area (Å²) in [4.78, 5) is 13.5. The zero-order valence-corrected chi connectivity index (χ0v) is 14.0. The van der Waals surface area contributed by atoms with Crippen molar-refractivity contribution < 1.29 is 13.9 Å². The van der Waals surface area contributed by atoms with Crippen molar-refractivity contribution in [2.45, 2.75) is 42.4 Å². The molecule has 0 bridgehead atoms. The van der Waals surface area contributed by atoms with Crippen molar-refractivity contribution in [3.05, 3.63) is 47.9 Å². The van der Waals surface area contributed by atoms with Gasteiger partial charge in [-0.1, -0.05) is 25.0 Å². The number of rotatable bonds is 6. The molecule has 1 aliphatic carbocycles. The molecule has 1 N–H and O–H groups in total. The molecule has 0 aliphatic heterocycles. The number of thioether (sulfide) groups is 1. The maximum absolute atomic E-state index is 12.4. The molecule has 1 heterocycles. The van der Waals surface area contributed by atoms with Gasteiger partial charge in [0.2, 0.25) is 0 Å². The molecule has 23 heavy (non-hydrogen) atoms. The molecular weight excluding hydrogens is 310 g/mol. The maximum atomic E-state index is 12.4. The van der Waals surface area contributed by atoms with Crippen LogP contribution in [0.25, 0.3) is 0 Å². The van der Waals surface area contributed by atoms with E-state index in [2.05, 4.69) is 11.4 Å². The van der Waals surface area contributed by atoms with Gasteiger partial charge < -0.3 is 14.5 Å². The maximum Gasteiger partial charge on any atom is 0.291 e. The number of amides is 1. The molecule has 1 fully saturated rings. The van der Waals surface area contributed by atoms with Gasteiger partial charge in [-0.05, 0) is 37.1 Å². The lowest BCUT2D eigenvalue weighted by Gasteiger charge is -2.13. The van der Waals surface area contributed by atoms with E-state index in [1.54, 1.807) is 19.2 Å². The van der Waals surface area contributed by atoms with Crippen molar-refractivity contribution >= 4 is 23.4 Å². The molecule has 0 unspecified atom stereocenters. The monoisotopic (exact) mass is 331 g/mol. The van der Waals surface area contributed by atoms with E-state index in [9.17, 15) is 4.79 Å². The lowest BCUT2D eigenvalue weighted by Crippen LogP contribution is -2.12. The Morgan fingerprint density at radius 2 is 2.04 bits per heavy atom. The lowest BCUT2D eigenvalue weighted by atomic mass is 10.3. The average molecular weight is 331 g/mol. The van der Waals surface area contributed by atoms with Gasteiger partial charge >= 0.3 is 0 Å². The van der Waals surface area contributed by atoms with Crippen molar-refractivity contribution in [1.82, 2.24) is 0 Å². The van der Waals surface area contributed by atoms with E-state index in [0.717, 1.165) is 10.6 Å². The zero-order valence-electron chi connectivity index (χ0n) is 13.2. The first-order valence-corrected chi connectivity index (χ1v) is 8.79. The standard InChI is InChI=1S/C18H21NO3S/c1-21-12-13-10-11-16(22-13)18(20)19-15-8-4-5-9-17(15)23-14-6-2-3-7-14/h4-5,8-11,14H,2-3,6-7,12H2,1H3,(H,19,20). The highest BCUT2D eigenvalue weighted by molar-refractivity contribution is 8.00. The van der Waals surface area contributed by atoms with Crippen LogP contribution in [0.15, 0.2) is 45.7 Å². The van der Waals surface area contributed by atoms with E-state index in [1.165, 1.54) is 25.7 Å². The minimum atomic E-state index is -0.230. The third-order valence-corrected chi connectivity index (χ3v) is 5.32. The van der Waals surface area contributed by atoms with Crippen molar-refractivity contribution in [2.24, 2.45) is 0 Å². The SMILES string of the molecule is COCc1ccc(C(=O)Nc2ccccc2SC2CCCC2)o1. The summed E-state index contributed by atoms with van der Waals surface area (Å²) in [5.74, 6) is 0.718. The van der Waals surface area contributed by atoms with Gasteiger partial charge in [-0.15, -0.1) is 11.8 Å². The Morgan fingerprint density at radius 3 is 2.83 bits per heavy atom. The van der Waals surface area contributed by atoms with Gasteiger partial charge in [0.15, 0.2) is 5.76 Å². The molecular formula is C18H21NO3S. The van der Waals surface area contributed by atoms with E-state index in [1.807, 2.05) is 30.0 Å². The van der Waals surface area contributed by atoms with Crippen molar-refractivity contribution in [3.8, 4) is 0 Å². The van der Waals surface area contributed by atoms with Gasteiger partial charge in [-0.25, -0.2) is 0 Å². The van der Waals surface area contributed by atoms with Gasteiger partial charge in [-0.3, -0.25) is 4.79 Å². The molecule has 1 saturated carbocycles. The minimum Gasteiger partial charge on any atom is -0.453 e. The van der Waals surface area contributed by atoms with Crippen LogP contribution >= 0.6 is 11.8 Å². The van der Waals surface area contributed by atoms with Crippen molar-refractivity contribution in [1.29, 1.82) is 0 Å². The average Bonchev–Trinajstić information content (AvgIpc) is 3.21. The van der Waals surface area contributed by atoms with Crippen molar-refractivity contribution in [2.75, 3.05) is 12.4 Å². The summed E-state index contributed by atoms with van der Waals surface area (Å²) in [5, 5.41) is 3.62. The predicted octanol–water partition coefficient (Wildman–Crippen LogP) is 4.71. The first kappa shape index (κ1) is 16.1. The van der Waals surface area contributed by atoms with Gasteiger partial charge in [0, 0.05) is 17.3 Å². The van der Waals surface area contributed by atoms with E-state index in [-0.39, 0.29) is 5.91 Å². The third-order valence-electron chi connectivity index (χ3n) is 3.90. The summed E-state index contributed by atoms with van der Waals surface area (Å²) in [6.45, 7) is 0.362. The number of nitrogens with one attached hydrogen (secondary N) is 1. The normalized spacial score (nSPS) is 15.0. The summed E-state index contributed by atoms with van der Waals surface area (Å²) >= 11 is 1.86. The number of hydrogen-bond acceptors (Lipinski definition) is 4. The lowest BCUT2D eigenvalue weighted by molar-refractivity contribution is 0.0987. The van der Waals surface area contributed by atoms with Crippen LogP contribution in [0.1, 0.15) is 42.0 Å². The van der Waals surface area contributed by atoms with Gasteiger partial charge in [0.25, 0.3) is 5.91 Å². The Morgan fingerprint density at radius 1 is 1.26 bits per heavy atom. The highest BCUT2D eigenvalue weighted by atomic mass is 32.2. The molecule has 1 aromatic carbocycles. The highest BCUT2D eigenvalue weighted by Crippen LogP contribution is 2.38. The number of para-hydroxylation sites is 1. The smallest absolute Gasteiger partial charge is 0.291 e. The van der Waals surface area contributed by atoms with E-state index in [4.69, 9.17) is 9.15 Å². The number of carbonyl (C=O) groups is 1. The van der Waals surface area contributed by atoms with Crippen LogP contribution in [0.4, 0.5) is 5.69 Å². The van der Waals surface area contributed by atoms with Crippen molar-refractivity contribution in [3.63, 3.8) is 0 Å². The number of ether oxygens (including phenoxy) is 1. The molecule has 4 nitrogen and oxygen atoms in total. The zero-order chi connectivity index (χ0) is 16.1. The van der Waals surface area contributed by atoms with Gasteiger partial charge in [0.05, 0.1) is 5.69 Å². The second kappa shape index (κ2) is 7.70. The first-order valence-electron chi connectivity index (χ1n) is 7.91. The van der Waals surface area contributed by atoms with Crippen LogP contribution < -0.4 is 5.32 Å². The third kappa shape index (κ3) is 4.18. The van der Waals surface area contributed by atoms with Crippen LogP contribution in [0, 0.1) is 0 Å². The molecule has 0 spiro atoms. The topological polar surface area (TPSA) is 51.5 Å². The van der Waals surface area contributed by atoms with E-state index >= 15 is 0 Å². The number of benzene rings is 1. The Bertz CT molecular complexity index is 662. The fourth-order valence-electron chi connectivity index (χ4n) is 2.76. The quantitative estimate of drug-likeness (QED) is 0.832. The van der Waals surface area contributed by atoms with Crippen LogP contribution in [0.3, 0.4) is 0 Å². The Labute approximate surface area is 140 Å². The number of furan rings is 1.